The lowest BCUT2D eigenvalue weighted by atomic mass is 9.93. The molecule has 3 aromatic carbocycles. The lowest BCUT2D eigenvalue weighted by Crippen LogP contribution is -2.37. The minimum absolute atomic E-state index is 0.00550. The summed E-state index contributed by atoms with van der Waals surface area (Å²) in [6.45, 7) is 1.74. The van der Waals surface area contributed by atoms with E-state index < -0.39 is 0 Å². The van der Waals surface area contributed by atoms with Gasteiger partial charge in [-0.3, -0.25) is 9.69 Å². The fourth-order valence-corrected chi connectivity index (χ4v) is 4.49. The summed E-state index contributed by atoms with van der Waals surface area (Å²) in [5.74, 6) is 2.43. The van der Waals surface area contributed by atoms with E-state index >= 15 is 0 Å². The molecule has 3 aromatic rings. The summed E-state index contributed by atoms with van der Waals surface area (Å²) in [6.07, 6.45) is 3.80. The molecule has 0 N–H and O–H groups in total. The average molecular weight is 486 g/mol. The van der Waals surface area contributed by atoms with Gasteiger partial charge in [-0.15, -0.1) is 0 Å². The molecule has 0 amide bonds. The summed E-state index contributed by atoms with van der Waals surface area (Å²) in [7, 11) is 6.41. The van der Waals surface area contributed by atoms with Crippen molar-refractivity contribution >= 4 is 17.9 Å². The molecule has 1 heterocycles. The Labute approximate surface area is 212 Å². The Morgan fingerprint density at radius 2 is 1.17 bits per heavy atom. The average Bonchev–Trinajstić information content (AvgIpc) is 2.91. The first-order valence-corrected chi connectivity index (χ1v) is 11.7. The van der Waals surface area contributed by atoms with Crippen LogP contribution in [0.1, 0.15) is 16.7 Å². The molecule has 0 radical (unpaired) electrons. The SMILES string of the molecule is COc1cccc(/C=C2\CN(Cc3ccccc3)C/C(=C\c3cccc(OC)c3OC)C2=O)c1OC. The molecule has 0 atom stereocenters. The minimum Gasteiger partial charge on any atom is -0.493 e. The standard InChI is InChI=1S/C30H31NO5/c1-33-26-14-8-12-22(29(26)35-3)16-24-19-31(18-21-10-6-5-7-11-21)20-25(28(24)32)17-23-13-9-15-27(34-2)30(23)36-4/h5-17H,18-20H2,1-4H3/b24-16+,25-17+. The first kappa shape index (κ1) is 25.1. The number of piperidine rings is 1. The van der Waals surface area contributed by atoms with Crippen LogP contribution in [0.2, 0.25) is 0 Å². The van der Waals surface area contributed by atoms with Crippen LogP contribution in [0.3, 0.4) is 0 Å². The van der Waals surface area contributed by atoms with Crippen molar-refractivity contribution in [2.45, 2.75) is 6.54 Å². The van der Waals surface area contributed by atoms with Gasteiger partial charge < -0.3 is 18.9 Å². The van der Waals surface area contributed by atoms with Gasteiger partial charge in [0.15, 0.2) is 28.8 Å². The minimum atomic E-state index is -0.00550. The van der Waals surface area contributed by atoms with E-state index in [1.165, 1.54) is 5.56 Å². The quantitative estimate of drug-likeness (QED) is 0.405. The highest BCUT2D eigenvalue weighted by molar-refractivity contribution is 6.15. The second-order valence-corrected chi connectivity index (χ2v) is 8.46. The van der Waals surface area contributed by atoms with E-state index in [1.54, 1.807) is 28.4 Å². The number of Topliss-reactive ketones (excluding diaryl/α,β-unsaturated/α-hetero) is 1. The Bertz CT molecular complexity index is 1200. The highest BCUT2D eigenvalue weighted by Gasteiger charge is 2.27. The van der Waals surface area contributed by atoms with Crippen LogP contribution < -0.4 is 18.9 Å². The van der Waals surface area contributed by atoms with Gasteiger partial charge in [0.1, 0.15) is 0 Å². The number of likely N-dealkylation sites (tertiary alicyclic amines) is 1. The number of benzene rings is 3. The van der Waals surface area contributed by atoms with E-state index in [9.17, 15) is 4.79 Å². The monoisotopic (exact) mass is 485 g/mol. The highest BCUT2D eigenvalue weighted by atomic mass is 16.5. The Morgan fingerprint density at radius 1 is 0.667 bits per heavy atom. The second-order valence-electron chi connectivity index (χ2n) is 8.46. The Morgan fingerprint density at radius 3 is 1.61 bits per heavy atom. The van der Waals surface area contributed by atoms with Crippen molar-refractivity contribution in [3.05, 3.63) is 94.6 Å². The molecule has 1 saturated heterocycles. The van der Waals surface area contributed by atoms with Gasteiger partial charge in [-0.05, 0) is 29.8 Å². The van der Waals surface area contributed by atoms with E-state index in [1.807, 2.05) is 66.7 Å². The van der Waals surface area contributed by atoms with Gasteiger partial charge in [0.05, 0.1) is 28.4 Å². The Balaban J connectivity index is 1.78. The van der Waals surface area contributed by atoms with Gasteiger partial charge >= 0.3 is 0 Å². The van der Waals surface area contributed by atoms with Crippen molar-refractivity contribution < 1.29 is 23.7 Å². The number of hydrogen-bond donors (Lipinski definition) is 0. The van der Waals surface area contributed by atoms with Crippen LogP contribution in [0.15, 0.2) is 77.9 Å². The number of methoxy groups -OCH3 is 4. The zero-order valence-corrected chi connectivity index (χ0v) is 21.1. The molecule has 0 aliphatic carbocycles. The van der Waals surface area contributed by atoms with Crippen LogP contribution >= 0.6 is 0 Å². The third-order valence-electron chi connectivity index (χ3n) is 6.15. The Hall–Kier alpha value is -4.03. The molecule has 1 aliphatic rings. The van der Waals surface area contributed by atoms with E-state index in [0.29, 0.717) is 53.8 Å². The molecule has 36 heavy (non-hydrogen) atoms. The fourth-order valence-electron chi connectivity index (χ4n) is 4.49. The lowest BCUT2D eigenvalue weighted by Gasteiger charge is -2.30. The molecule has 4 rings (SSSR count). The fraction of sp³-hybridized carbons (Fsp3) is 0.233. The smallest absolute Gasteiger partial charge is 0.187 e. The molecule has 0 spiro atoms. The van der Waals surface area contributed by atoms with Crippen LogP contribution in [-0.2, 0) is 11.3 Å². The molecule has 0 bridgehead atoms. The number of nitrogens with zero attached hydrogens (tertiary/aromatic N) is 1. The van der Waals surface area contributed by atoms with Crippen molar-refractivity contribution in [3.8, 4) is 23.0 Å². The van der Waals surface area contributed by atoms with Crippen molar-refractivity contribution in [2.75, 3.05) is 41.5 Å². The summed E-state index contributed by atoms with van der Waals surface area (Å²) >= 11 is 0. The molecule has 1 fully saturated rings. The van der Waals surface area contributed by atoms with Crippen LogP contribution in [-0.4, -0.2) is 52.2 Å². The number of para-hydroxylation sites is 2. The summed E-state index contributed by atoms with van der Waals surface area (Å²) in [5, 5.41) is 0. The molecular weight excluding hydrogens is 454 g/mol. The largest absolute Gasteiger partial charge is 0.493 e. The van der Waals surface area contributed by atoms with E-state index in [4.69, 9.17) is 18.9 Å². The molecule has 186 valence electrons. The second kappa shape index (κ2) is 11.6. The van der Waals surface area contributed by atoms with E-state index in [0.717, 1.165) is 11.1 Å². The number of ether oxygens (including phenoxy) is 4. The normalized spacial score (nSPS) is 16.3. The molecule has 0 aromatic heterocycles. The van der Waals surface area contributed by atoms with E-state index in [-0.39, 0.29) is 5.78 Å². The number of carbonyl (C=O) groups excluding carboxylic acids is 1. The lowest BCUT2D eigenvalue weighted by molar-refractivity contribution is -0.113. The third-order valence-corrected chi connectivity index (χ3v) is 6.15. The molecule has 6 heteroatoms. The third kappa shape index (κ3) is 5.44. The van der Waals surface area contributed by atoms with Crippen LogP contribution in [0.5, 0.6) is 23.0 Å². The summed E-state index contributed by atoms with van der Waals surface area (Å²) < 4.78 is 22.1. The van der Waals surface area contributed by atoms with Crippen molar-refractivity contribution in [2.24, 2.45) is 0 Å². The number of carbonyl (C=O) groups is 1. The maximum atomic E-state index is 13.7. The topological polar surface area (TPSA) is 57.2 Å². The van der Waals surface area contributed by atoms with Crippen molar-refractivity contribution in [1.29, 1.82) is 0 Å². The maximum absolute atomic E-state index is 13.7. The van der Waals surface area contributed by atoms with Gasteiger partial charge in [-0.1, -0.05) is 54.6 Å². The molecule has 0 saturated carbocycles. The summed E-state index contributed by atoms with van der Waals surface area (Å²) in [6, 6.07) is 21.6. The van der Waals surface area contributed by atoms with Crippen molar-refractivity contribution in [3.63, 3.8) is 0 Å². The van der Waals surface area contributed by atoms with Gasteiger partial charge in [-0.2, -0.15) is 0 Å². The highest BCUT2D eigenvalue weighted by Crippen LogP contribution is 2.35. The molecule has 6 nitrogen and oxygen atoms in total. The number of rotatable bonds is 8. The van der Waals surface area contributed by atoms with Crippen LogP contribution in [0.25, 0.3) is 12.2 Å². The number of hydrogen-bond acceptors (Lipinski definition) is 6. The summed E-state index contributed by atoms with van der Waals surface area (Å²) in [4.78, 5) is 16.0. The van der Waals surface area contributed by atoms with Gasteiger partial charge in [0.2, 0.25) is 0 Å². The maximum Gasteiger partial charge on any atom is 0.187 e. The first-order chi connectivity index (χ1) is 17.6. The summed E-state index contributed by atoms with van der Waals surface area (Å²) in [5.41, 5.74) is 4.12. The van der Waals surface area contributed by atoms with Gasteiger partial charge in [0.25, 0.3) is 0 Å². The van der Waals surface area contributed by atoms with Crippen LogP contribution in [0.4, 0.5) is 0 Å². The Kier molecular flexibility index (Phi) is 8.08. The molecule has 1 aliphatic heterocycles. The molecule has 0 unspecified atom stereocenters. The van der Waals surface area contributed by atoms with Gasteiger partial charge in [0, 0.05) is 41.9 Å². The van der Waals surface area contributed by atoms with Crippen LogP contribution in [0, 0.1) is 0 Å². The zero-order valence-electron chi connectivity index (χ0n) is 21.1. The predicted octanol–water partition coefficient (Wildman–Crippen LogP) is 5.27. The van der Waals surface area contributed by atoms with Crippen molar-refractivity contribution in [1.82, 2.24) is 4.90 Å². The predicted molar refractivity (Wildman–Crippen MR) is 142 cm³/mol. The van der Waals surface area contributed by atoms with E-state index in [2.05, 4.69) is 17.0 Å². The molecular formula is C30H31NO5. The van der Waals surface area contributed by atoms with Gasteiger partial charge in [-0.25, -0.2) is 0 Å². The first-order valence-electron chi connectivity index (χ1n) is 11.7. The number of ketones is 1. The zero-order chi connectivity index (χ0) is 25.5.